The summed E-state index contributed by atoms with van der Waals surface area (Å²) in [6, 6.07) is 8.35. The molecule has 1 fully saturated rings. The molecule has 1 aliphatic heterocycles. The molecular weight excluding hydrogens is 240 g/mol. The third kappa shape index (κ3) is 2.16. The van der Waals surface area contributed by atoms with Gasteiger partial charge in [0.15, 0.2) is 0 Å². The fourth-order valence-corrected chi connectivity index (χ4v) is 2.68. The first-order valence-corrected chi connectivity index (χ1v) is 6.84. The minimum Gasteiger partial charge on any atom is -0.481 e. The Morgan fingerprint density at radius 3 is 2.26 bits per heavy atom. The number of hydrogen-bond donors (Lipinski definition) is 1. The summed E-state index contributed by atoms with van der Waals surface area (Å²) in [7, 11) is 0. The SMILES string of the molecule is CCCc1ccc(C2(C(C)(C)C(=O)O)COC2)cc1. The molecule has 19 heavy (non-hydrogen) atoms. The van der Waals surface area contributed by atoms with Crippen molar-refractivity contribution in [2.75, 3.05) is 13.2 Å². The summed E-state index contributed by atoms with van der Waals surface area (Å²) in [4.78, 5) is 11.5. The van der Waals surface area contributed by atoms with Gasteiger partial charge in [-0.15, -0.1) is 0 Å². The Balaban J connectivity index is 2.34. The molecule has 1 saturated heterocycles. The lowest BCUT2D eigenvalue weighted by Crippen LogP contribution is -2.59. The van der Waals surface area contributed by atoms with E-state index in [-0.39, 0.29) is 0 Å². The normalized spacial score (nSPS) is 17.8. The number of carbonyl (C=O) groups is 1. The third-order valence-corrected chi connectivity index (χ3v) is 4.47. The topological polar surface area (TPSA) is 46.5 Å². The van der Waals surface area contributed by atoms with Crippen LogP contribution in [0.2, 0.25) is 0 Å². The molecule has 2 rings (SSSR count). The van der Waals surface area contributed by atoms with Gasteiger partial charge in [-0.05, 0) is 31.4 Å². The number of ether oxygens (including phenoxy) is 1. The maximum Gasteiger partial charge on any atom is 0.310 e. The zero-order valence-electron chi connectivity index (χ0n) is 11.9. The van der Waals surface area contributed by atoms with Crippen LogP contribution in [0.15, 0.2) is 24.3 Å². The molecule has 0 bridgehead atoms. The largest absolute Gasteiger partial charge is 0.481 e. The number of carboxylic acids is 1. The van der Waals surface area contributed by atoms with E-state index in [1.807, 2.05) is 0 Å². The second-order valence-electron chi connectivity index (χ2n) is 5.95. The van der Waals surface area contributed by atoms with Gasteiger partial charge in [-0.2, -0.15) is 0 Å². The molecule has 0 aliphatic carbocycles. The summed E-state index contributed by atoms with van der Waals surface area (Å²) in [5.74, 6) is -0.770. The van der Waals surface area contributed by atoms with Crippen molar-refractivity contribution in [3.05, 3.63) is 35.4 Å². The van der Waals surface area contributed by atoms with Crippen LogP contribution in [0.4, 0.5) is 0 Å². The number of carboxylic acid groups (broad SMARTS) is 1. The Morgan fingerprint density at radius 2 is 1.89 bits per heavy atom. The van der Waals surface area contributed by atoms with Crippen molar-refractivity contribution in [2.45, 2.75) is 39.0 Å². The number of benzene rings is 1. The van der Waals surface area contributed by atoms with Crippen molar-refractivity contribution >= 4 is 5.97 Å². The predicted octanol–water partition coefficient (Wildman–Crippen LogP) is 3.02. The molecule has 0 saturated carbocycles. The Hall–Kier alpha value is -1.35. The van der Waals surface area contributed by atoms with E-state index in [0.717, 1.165) is 18.4 Å². The molecule has 1 N–H and O–H groups in total. The fraction of sp³-hybridized carbons (Fsp3) is 0.562. The summed E-state index contributed by atoms with van der Waals surface area (Å²) < 4.78 is 5.34. The molecule has 0 amide bonds. The molecule has 0 radical (unpaired) electrons. The van der Waals surface area contributed by atoms with Crippen LogP contribution >= 0.6 is 0 Å². The van der Waals surface area contributed by atoms with Gasteiger partial charge in [-0.3, -0.25) is 4.79 Å². The van der Waals surface area contributed by atoms with Crippen LogP contribution < -0.4 is 0 Å². The van der Waals surface area contributed by atoms with E-state index in [1.165, 1.54) is 5.56 Å². The van der Waals surface area contributed by atoms with E-state index in [0.29, 0.717) is 13.2 Å². The van der Waals surface area contributed by atoms with Crippen molar-refractivity contribution in [3.8, 4) is 0 Å². The molecule has 3 nitrogen and oxygen atoms in total. The highest BCUT2D eigenvalue weighted by atomic mass is 16.5. The lowest BCUT2D eigenvalue weighted by Gasteiger charge is -2.50. The van der Waals surface area contributed by atoms with Crippen molar-refractivity contribution in [2.24, 2.45) is 5.41 Å². The molecule has 0 aromatic heterocycles. The first-order valence-electron chi connectivity index (χ1n) is 6.84. The van der Waals surface area contributed by atoms with E-state index >= 15 is 0 Å². The quantitative estimate of drug-likeness (QED) is 0.887. The first kappa shape index (κ1) is 14.1. The zero-order chi connectivity index (χ0) is 14.1. The van der Waals surface area contributed by atoms with Crippen LogP contribution in [0.5, 0.6) is 0 Å². The number of aryl methyl sites for hydroxylation is 1. The highest BCUT2D eigenvalue weighted by Crippen LogP contribution is 2.47. The van der Waals surface area contributed by atoms with Crippen LogP contribution in [0.25, 0.3) is 0 Å². The molecule has 1 aromatic rings. The second-order valence-corrected chi connectivity index (χ2v) is 5.95. The average Bonchev–Trinajstić information content (AvgIpc) is 2.29. The van der Waals surface area contributed by atoms with Crippen molar-refractivity contribution < 1.29 is 14.6 Å². The van der Waals surface area contributed by atoms with E-state index in [2.05, 4.69) is 31.2 Å². The molecule has 0 atom stereocenters. The third-order valence-electron chi connectivity index (χ3n) is 4.47. The predicted molar refractivity (Wildman–Crippen MR) is 74.4 cm³/mol. The van der Waals surface area contributed by atoms with Gasteiger partial charge in [0.05, 0.1) is 24.0 Å². The van der Waals surface area contributed by atoms with Gasteiger partial charge in [0.25, 0.3) is 0 Å². The molecule has 104 valence electrons. The van der Waals surface area contributed by atoms with Crippen LogP contribution in [-0.2, 0) is 21.4 Å². The zero-order valence-corrected chi connectivity index (χ0v) is 11.9. The van der Waals surface area contributed by atoms with Gasteiger partial charge in [0.1, 0.15) is 0 Å². The van der Waals surface area contributed by atoms with Gasteiger partial charge in [0, 0.05) is 0 Å². The minimum atomic E-state index is -0.822. The van der Waals surface area contributed by atoms with Gasteiger partial charge >= 0.3 is 5.97 Å². The highest BCUT2D eigenvalue weighted by Gasteiger charge is 2.56. The second kappa shape index (κ2) is 4.97. The summed E-state index contributed by atoms with van der Waals surface area (Å²) in [5, 5.41) is 9.49. The van der Waals surface area contributed by atoms with Crippen LogP contribution in [0, 0.1) is 5.41 Å². The average molecular weight is 262 g/mol. The smallest absolute Gasteiger partial charge is 0.310 e. The van der Waals surface area contributed by atoms with Crippen molar-refractivity contribution in [1.82, 2.24) is 0 Å². The van der Waals surface area contributed by atoms with Gasteiger partial charge < -0.3 is 9.84 Å². The Morgan fingerprint density at radius 1 is 1.32 bits per heavy atom. The first-order chi connectivity index (χ1) is 8.94. The standard InChI is InChI=1S/C16H22O3/c1-4-5-12-6-8-13(9-7-12)16(10-19-11-16)15(2,3)14(17)18/h6-9H,4-5,10-11H2,1-3H3,(H,17,18). The highest BCUT2D eigenvalue weighted by molar-refractivity contribution is 5.76. The fourth-order valence-electron chi connectivity index (χ4n) is 2.68. The monoisotopic (exact) mass is 262 g/mol. The summed E-state index contributed by atoms with van der Waals surface area (Å²) >= 11 is 0. The van der Waals surface area contributed by atoms with E-state index in [4.69, 9.17) is 4.74 Å². The molecule has 3 heteroatoms. The maximum atomic E-state index is 11.5. The Bertz CT molecular complexity index is 455. The van der Waals surface area contributed by atoms with E-state index in [9.17, 15) is 9.90 Å². The summed E-state index contributed by atoms with van der Waals surface area (Å²) in [5.41, 5.74) is 1.15. The van der Waals surface area contributed by atoms with E-state index in [1.54, 1.807) is 13.8 Å². The molecule has 0 spiro atoms. The lowest BCUT2D eigenvalue weighted by molar-refractivity contribution is -0.171. The molecule has 1 heterocycles. The number of hydrogen-bond acceptors (Lipinski definition) is 2. The van der Waals surface area contributed by atoms with Crippen LogP contribution in [-0.4, -0.2) is 24.3 Å². The Kier molecular flexibility index (Phi) is 3.68. The number of aliphatic carboxylic acids is 1. The number of rotatable bonds is 5. The van der Waals surface area contributed by atoms with Crippen molar-refractivity contribution in [1.29, 1.82) is 0 Å². The van der Waals surface area contributed by atoms with Crippen LogP contribution in [0.1, 0.15) is 38.3 Å². The van der Waals surface area contributed by atoms with Gasteiger partial charge in [-0.1, -0.05) is 37.6 Å². The van der Waals surface area contributed by atoms with Crippen LogP contribution in [0.3, 0.4) is 0 Å². The Labute approximate surface area is 114 Å². The lowest BCUT2D eigenvalue weighted by atomic mass is 9.60. The molecular formula is C16H22O3. The maximum absolute atomic E-state index is 11.5. The van der Waals surface area contributed by atoms with Crippen molar-refractivity contribution in [3.63, 3.8) is 0 Å². The van der Waals surface area contributed by atoms with E-state index < -0.39 is 16.8 Å². The molecule has 1 aliphatic rings. The van der Waals surface area contributed by atoms with Gasteiger partial charge in [-0.25, -0.2) is 0 Å². The summed E-state index contributed by atoms with van der Waals surface area (Å²) in [6.45, 7) is 6.71. The molecule has 0 unspecified atom stereocenters. The molecule has 1 aromatic carbocycles. The van der Waals surface area contributed by atoms with Gasteiger partial charge in [0.2, 0.25) is 0 Å². The minimum absolute atomic E-state index is 0.399. The summed E-state index contributed by atoms with van der Waals surface area (Å²) in [6.07, 6.45) is 2.18.